The summed E-state index contributed by atoms with van der Waals surface area (Å²) in [6.45, 7) is 0.692. The number of hydrogen-bond acceptors (Lipinski definition) is 2. The topological polar surface area (TPSA) is 35.8 Å². The summed E-state index contributed by atoms with van der Waals surface area (Å²) in [5, 5.41) is 9.89. The van der Waals surface area contributed by atoms with Gasteiger partial charge in [-0.15, -0.1) is 0 Å². The maximum atomic E-state index is 11.6. The smallest absolute Gasteiger partial charge is 0.294 e. The van der Waals surface area contributed by atoms with E-state index in [1.807, 2.05) is 5.32 Å². The first kappa shape index (κ1) is 9.24. The first-order chi connectivity index (χ1) is 4.48. The first-order valence-corrected chi connectivity index (χ1v) is 2.65. The zero-order valence-corrected chi connectivity index (χ0v) is 5.37. The van der Waals surface area contributed by atoms with Crippen LogP contribution in [0.5, 0.6) is 0 Å². The Labute approximate surface area is 56.6 Å². The number of nitrogens with zero attached hydrogens (tertiary/aromatic N) is 1. The van der Waals surface area contributed by atoms with Crippen LogP contribution in [-0.2, 0) is 0 Å². The van der Waals surface area contributed by atoms with Gasteiger partial charge in [0.2, 0.25) is 0 Å². The van der Waals surface area contributed by atoms with Gasteiger partial charge in [-0.2, -0.15) is 18.4 Å². The van der Waals surface area contributed by atoms with E-state index in [9.17, 15) is 13.2 Å². The van der Waals surface area contributed by atoms with Crippen molar-refractivity contribution in [2.24, 2.45) is 0 Å². The standard InChI is InChI=1S/C5H7F3N2/c1-4(5(6,7)8)10-3-2-9/h4,10H,3H2,1H3. The van der Waals surface area contributed by atoms with Crippen molar-refractivity contribution in [3.63, 3.8) is 0 Å². The van der Waals surface area contributed by atoms with Crippen molar-refractivity contribution in [2.45, 2.75) is 19.1 Å². The lowest BCUT2D eigenvalue weighted by molar-refractivity contribution is -0.150. The van der Waals surface area contributed by atoms with Gasteiger partial charge in [-0.1, -0.05) is 0 Å². The molecule has 0 aliphatic heterocycles. The molecule has 0 fully saturated rings. The van der Waals surface area contributed by atoms with Crippen LogP contribution < -0.4 is 5.32 Å². The minimum Gasteiger partial charge on any atom is -0.294 e. The summed E-state index contributed by atoms with van der Waals surface area (Å²) in [7, 11) is 0. The first-order valence-electron chi connectivity index (χ1n) is 2.65. The van der Waals surface area contributed by atoms with Crippen molar-refractivity contribution in [1.29, 1.82) is 5.26 Å². The Bertz CT molecular complexity index is 135. The Kier molecular flexibility index (Phi) is 3.16. The minimum absolute atomic E-state index is 0.277. The lowest BCUT2D eigenvalue weighted by Crippen LogP contribution is -2.39. The summed E-state index contributed by atoms with van der Waals surface area (Å²) in [6.07, 6.45) is -4.25. The van der Waals surface area contributed by atoms with Crippen LogP contribution in [0.2, 0.25) is 0 Å². The number of rotatable bonds is 2. The van der Waals surface area contributed by atoms with Crippen LogP contribution in [0.3, 0.4) is 0 Å². The van der Waals surface area contributed by atoms with Gasteiger partial charge in [0, 0.05) is 0 Å². The predicted molar refractivity (Wildman–Crippen MR) is 29.1 cm³/mol. The quantitative estimate of drug-likeness (QED) is 0.600. The molecule has 0 heterocycles. The Balaban J connectivity index is 3.65. The fraction of sp³-hybridized carbons (Fsp3) is 0.800. The molecule has 2 nitrogen and oxygen atoms in total. The normalized spacial score (nSPS) is 14.3. The Morgan fingerprint density at radius 1 is 1.60 bits per heavy atom. The predicted octanol–water partition coefficient (Wildman–Crippen LogP) is 1.05. The maximum Gasteiger partial charge on any atom is 0.403 e. The summed E-state index contributed by atoms with van der Waals surface area (Å²) in [4.78, 5) is 0. The molecule has 0 radical (unpaired) electrons. The molecule has 0 aliphatic rings. The van der Waals surface area contributed by atoms with Gasteiger partial charge in [0.05, 0.1) is 12.6 Å². The maximum absolute atomic E-state index is 11.6. The molecule has 58 valence electrons. The summed E-state index contributed by atoms with van der Waals surface area (Å²) in [5.41, 5.74) is 0. The third kappa shape index (κ3) is 3.30. The molecule has 0 bridgehead atoms. The molecule has 1 N–H and O–H groups in total. The molecule has 0 aromatic heterocycles. The highest BCUT2D eigenvalue weighted by Gasteiger charge is 2.35. The molecule has 1 atom stereocenters. The minimum atomic E-state index is -4.25. The fourth-order valence-corrected chi connectivity index (χ4v) is 0.314. The number of nitriles is 1. The molecule has 0 amide bonds. The van der Waals surface area contributed by atoms with Crippen molar-refractivity contribution in [3.05, 3.63) is 0 Å². The largest absolute Gasteiger partial charge is 0.403 e. The van der Waals surface area contributed by atoms with Gasteiger partial charge < -0.3 is 0 Å². The van der Waals surface area contributed by atoms with Crippen molar-refractivity contribution >= 4 is 0 Å². The molecule has 5 heteroatoms. The Hall–Kier alpha value is -0.760. The molecule has 0 saturated carbocycles. The highest BCUT2D eigenvalue weighted by Crippen LogP contribution is 2.18. The number of hydrogen-bond donors (Lipinski definition) is 1. The van der Waals surface area contributed by atoms with Crippen LogP contribution in [-0.4, -0.2) is 18.8 Å². The summed E-state index contributed by atoms with van der Waals surface area (Å²) >= 11 is 0. The van der Waals surface area contributed by atoms with E-state index in [1.54, 1.807) is 6.07 Å². The zero-order chi connectivity index (χ0) is 8.20. The van der Waals surface area contributed by atoms with Gasteiger partial charge in [0.25, 0.3) is 0 Å². The van der Waals surface area contributed by atoms with E-state index in [0.29, 0.717) is 0 Å². The van der Waals surface area contributed by atoms with Crippen LogP contribution in [0.25, 0.3) is 0 Å². The van der Waals surface area contributed by atoms with E-state index >= 15 is 0 Å². The molecule has 0 aromatic rings. The third-order valence-corrected chi connectivity index (χ3v) is 0.978. The average Bonchev–Trinajstić information content (AvgIpc) is 1.80. The summed E-state index contributed by atoms with van der Waals surface area (Å²) < 4.78 is 34.8. The van der Waals surface area contributed by atoms with Crippen LogP contribution in [0.1, 0.15) is 6.92 Å². The van der Waals surface area contributed by atoms with Crippen LogP contribution in [0, 0.1) is 11.3 Å². The van der Waals surface area contributed by atoms with Gasteiger partial charge in [-0.25, -0.2) is 0 Å². The van der Waals surface area contributed by atoms with Crippen molar-refractivity contribution < 1.29 is 13.2 Å². The lowest BCUT2D eigenvalue weighted by Gasteiger charge is -2.14. The van der Waals surface area contributed by atoms with E-state index < -0.39 is 12.2 Å². The second-order valence-corrected chi connectivity index (χ2v) is 1.80. The van der Waals surface area contributed by atoms with Gasteiger partial charge in [0.1, 0.15) is 6.04 Å². The number of alkyl halides is 3. The average molecular weight is 152 g/mol. The second-order valence-electron chi connectivity index (χ2n) is 1.80. The van der Waals surface area contributed by atoms with Gasteiger partial charge in [-0.05, 0) is 6.92 Å². The number of nitrogens with one attached hydrogen (secondary N) is 1. The molecule has 0 spiro atoms. The molecular weight excluding hydrogens is 145 g/mol. The fourth-order valence-electron chi connectivity index (χ4n) is 0.314. The van der Waals surface area contributed by atoms with Crippen molar-refractivity contribution in [3.8, 4) is 6.07 Å². The third-order valence-electron chi connectivity index (χ3n) is 0.978. The summed E-state index contributed by atoms with van der Waals surface area (Å²) in [5.74, 6) is 0. The molecule has 10 heavy (non-hydrogen) atoms. The second kappa shape index (κ2) is 3.42. The summed E-state index contributed by atoms with van der Waals surface area (Å²) in [6, 6.07) is -0.0449. The molecule has 0 aliphatic carbocycles. The number of halogens is 3. The van der Waals surface area contributed by atoms with Crippen LogP contribution in [0.4, 0.5) is 13.2 Å². The van der Waals surface area contributed by atoms with Crippen molar-refractivity contribution in [2.75, 3.05) is 6.54 Å². The van der Waals surface area contributed by atoms with Gasteiger partial charge in [-0.3, -0.25) is 5.32 Å². The Morgan fingerprint density at radius 2 is 2.10 bits per heavy atom. The Morgan fingerprint density at radius 3 is 2.40 bits per heavy atom. The van der Waals surface area contributed by atoms with Crippen molar-refractivity contribution in [1.82, 2.24) is 5.32 Å². The molecule has 0 saturated heterocycles. The lowest BCUT2D eigenvalue weighted by atomic mass is 10.3. The molecule has 0 aromatic carbocycles. The highest BCUT2D eigenvalue weighted by molar-refractivity contribution is 4.78. The molecule has 0 rings (SSSR count). The van der Waals surface area contributed by atoms with Crippen LogP contribution >= 0.6 is 0 Å². The highest BCUT2D eigenvalue weighted by atomic mass is 19.4. The monoisotopic (exact) mass is 152 g/mol. The van der Waals surface area contributed by atoms with Gasteiger partial charge in [0.15, 0.2) is 0 Å². The van der Waals surface area contributed by atoms with E-state index in [-0.39, 0.29) is 6.54 Å². The molecular formula is C5H7F3N2. The van der Waals surface area contributed by atoms with E-state index in [1.165, 1.54) is 0 Å². The van der Waals surface area contributed by atoms with E-state index in [2.05, 4.69) is 0 Å². The van der Waals surface area contributed by atoms with Crippen LogP contribution in [0.15, 0.2) is 0 Å². The van der Waals surface area contributed by atoms with Gasteiger partial charge >= 0.3 is 6.18 Å². The SMILES string of the molecule is CC(NCC#N)C(F)(F)F. The van der Waals surface area contributed by atoms with E-state index in [0.717, 1.165) is 6.92 Å². The molecule has 1 unspecified atom stereocenters. The zero-order valence-electron chi connectivity index (χ0n) is 5.37. The van der Waals surface area contributed by atoms with E-state index in [4.69, 9.17) is 5.26 Å².